The number of nitrogens with zero attached hydrogens (tertiary/aromatic N) is 1. The first kappa shape index (κ1) is 10.6. The summed E-state index contributed by atoms with van der Waals surface area (Å²) in [5, 5.41) is 0. The minimum Gasteiger partial charge on any atom is -0.211 e. The Balaban J connectivity index is 2.99. The maximum absolute atomic E-state index is 12.6. The van der Waals surface area contributed by atoms with Crippen molar-refractivity contribution in [2.75, 3.05) is 0 Å². The molecule has 0 saturated carbocycles. The first-order valence-corrected chi connectivity index (χ1v) is 4.47. The summed E-state index contributed by atoms with van der Waals surface area (Å²) in [6, 6.07) is 5.78. The maximum atomic E-state index is 12.6. The van der Waals surface area contributed by atoms with E-state index >= 15 is 0 Å². The molecule has 0 aromatic heterocycles. The molecule has 0 N–H and O–H groups in total. The number of hydrogen-bond acceptors (Lipinski definition) is 2. The van der Waals surface area contributed by atoms with Crippen molar-refractivity contribution in [1.82, 2.24) is 0 Å². The van der Waals surface area contributed by atoms with Gasteiger partial charge >= 0.3 is 0 Å². The van der Waals surface area contributed by atoms with E-state index in [0.717, 1.165) is 5.56 Å². The Morgan fingerprint density at radius 3 is 2.29 bits per heavy atom. The lowest BCUT2D eigenvalue weighted by Gasteiger charge is -2.14. The van der Waals surface area contributed by atoms with Gasteiger partial charge in [0.25, 0.3) is 0 Å². The van der Waals surface area contributed by atoms with Gasteiger partial charge in [-0.2, -0.15) is 4.99 Å². The maximum Gasteiger partial charge on any atom is 0.235 e. The number of hydrogen-bond donors (Lipinski definition) is 0. The highest BCUT2D eigenvalue weighted by atomic mass is 19.1. The third-order valence-electron chi connectivity index (χ3n) is 2.03. The van der Waals surface area contributed by atoms with E-state index in [1.165, 1.54) is 12.1 Å². The summed E-state index contributed by atoms with van der Waals surface area (Å²) < 4.78 is 12.6. The second-order valence-corrected chi connectivity index (χ2v) is 3.46. The molecule has 3 heteroatoms. The van der Waals surface area contributed by atoms with Crippen molar-refractivity contribution in [2.24, 2.45) is 10.9 Å². The van der Waals surface area contributed by atoms with Gasteiger partial charge in [0.1, 0.15) is 5.82 Å². The van der Waals surface area contributed by atoms with Gasteiger partial charge in [0.15, 0.2) is 0 Å². The van der Waals surface area contributed by atoms with Crippen LogP contribution >= 0.6 is 0 Å². The normalized spacial score (nSPS) is 12.3. The molecule has 1 aromatic carbocycles. The van der Waals surface area contributed by atoms with E-state index in [1.54, 1.807) is 18.2 Å². The second-order valence-electron chi connectivity index (χ2n) is 3.46. The third-order valence-corrected chi connectivity index (χ3v) is 2.03. The molecule has 1 rings (SSSR count). The van der Waals surface area contributed by atoms with Gasteiger partial charge in [-0.15, -0.1) is 0 Å². The Morgan fingerprint density at radius 1 is 1.29 bits per heavy atom. The van der Waals surface area contributed by atoms with Gasteiger partial charge in [-0.1, -0.05) is 26.0 Å². The Kier molecular flexibility index (Phi) is 3.55. The van der Waals surface area contributed by atoms with Gasteiger partial charge in [-0.3, -0.25) is 0 Å². The van der Waals surface area contributed by atoms with E-state index in [4.69, 9.17) is 0 Å². The standard InChI is InChI=1S/C11H12FNO/c1-8(2)11(13-7-14)9-3-5-10(12)6-4-9/h3-6,8,11H,1-2H3/t11-/m0/s1. The first-order chi connectivity index (χ1) is 6.65. The summed E-state index contributed by atoms with van der Waals surface area (Å²) in [4.78, 5) is 13.9. The van der Waals surface area contributed by atoms with Crippen molar-refractivity contribution in [2.45, 2.75) is 19.9 Å². The molecule has 0 heterocycles. The van der Waals surface area contributed by atoms with Gasteiger partial charge in [-0.05, 0) is 23.6 Å². The van der Waals surface area contributed by atoms with Crippen LogP contribution in [0.25, 0.3) is 0 Å². The molecule has 0 spiro atoms. The fourth-order valence-corrected chi connectivity index (χ4v) is 1.33. The lowest BCUT2D eigenvalue weighted by atomic mass is 9.97. The van der Waals surface area contributed by atoms with Crippen LogP contribution in [-0.4, -0.2) is 6.08 Å². The van der Waals surface area contributed by atoms with Gasteiger partial charge < -0.3 is 0 Å². The molecule has 0 fully saturated rings. The summed E-state index contributed by atoms with van der Waals surface area (Å²) in [5.74, 6) is -0.0896. The first-order valence-electron chi connectivity index (χ1n) is 4.47. The molecule has 0 unspecified atom stereocenters. The van der Waals surface area contributed by atoms with Crippen LogP contribution in [0.1, 0.15) is 25.5 Å². The number of carbonyl (C=O) groups excluding carboxylic acids is 1. The molecule has 0 aliphatic heterocycles. The van der Waals surface area contributed by atoms with Gasteiger partial charge in [0, 0.05) is 0 Å². The van der Waals surface area contributed by atoms with Gasteiger partial charge in [0.05, 0.1) is 6.04 Å². The highest BCUT2D eigenvalue weighted by molar-refractivity contribution is 5.35. The average Bonchev–Trinajstić information content (AvgIpc) is 2.15. The van der Waals surface area contributed by atoms with Crippen LogP contribution in [0.4, 0.5) is 4.39 Å². The molecule has 0 bridgehead atoms. The zero-order chi connectivity index (χ0) is 10.6. The van der Waals surface area contributed by atoms with Crippen molar-refractivity contribution in [3.8, 4) is 0 Å². The van der Waals surface area contributed by atoms with Gasteiger partial charge in [0.2, 0.25) is 6.08 Å². The second kappa shape index (κ2) is 4.68. The fraction of sp³-hybridized carbons (Fsp3) is 0.364. The molecule has 0 aliphatic carbocycles. The van der Waals surface area contributed by atoms with Crippen molar-refractivity contribution >= 4 is 6.08 Å². The number of rotatable bonds is 3. The van der Waals surface area contributed by atoms with Crippen molar-refractivity contribution in [3.63, 3.8) is 0 Å². The summed E-state index contributed by atoms with van der Waals surface area (Å²) in [5.41, 5.74) is 0.838. The van der Waals surface area contributed by atoms with Crippen LogP contribution in [-0.2, 0) is 4.79 Å². The van der Waals surface area contributed by atoms with Crippen LogP contribution in [0, 0.1) is 11.7 Å². The predicted octanol–water partition coefficient (Wildman–Crippen LogP) is 2.86. The molecule has 74 valence electrons. The highest BCUT2D eigenvalue weighted by Gasteiger charge is 2.14. The molecule has 0 saturated heterocycles. The van der Waals surface area contributed by atoms with Crippen LogP contribution in [0.3, 0.4) is 0 Å². The molecule has 0 radical (unpaired) electrons. The summed E-state index contributed by atoms with van der Waals surface area (Å²) in [6.45, 7) is 3.91. The molecule has 14 heavy (non-hydrogen) atoms. The molecular formula is C11H12FNO. The lowest BCUT2D eigenvalue weighted by Crippen LogP contribution is -2.03. The Morgan fingerprint density at radius 2 is 1.86 bits per heavy atom. The predicted molar refractivity (Wildman–Crippen MR) is 52.1 cm³/mol. The number of benzene rings is 1. The minimum absolute atomic E-state index is 0.196. The van der Waals surface area contributed by atoms with Crippen LogP contribution < -0.4 is 0 Å². The van der Waals surface area contributed by atoms with E-state index in [9.17, 15) is 9.18 Å². The summed E-state index contributed by atoms with van der Waals surface area (Å²) >= 11 is 0. The molecule has 0 amide bonds. The van der Waals surface area contributed by atoms with E-state index in [1.807, 2.05) is 13.8 Å². The van der Waals surface area contributed by atoms with Crippen molar-refractivity contribution in [3.05, 3.63) is 35.6 Å². The summed E-state index contributed by atoms with van der Waals surface area (Å²) in [6.07, 6.45) is 1.54. The Labute approximate surface area is 82.5 Å². The van der Waals surface area contributed by atoms with E-state index in [2.05, 4.69) is 4.99 Å². The highest BCUT2D eigenvalue weighted by Crippen LogP contribution is 2.25. The quantitative estimate of drug-likeness (QED) is 0.536. The largest absolute Gasteiger partial charge is 0.235 e. The number of aliphatic imine (C=N–C) groups is 1. The third kappa shape index (κ3) is 2.51. The molecule has 1 atom stereocenters. The molecule has 0 aliphatic rings. The zero-order valence-corrected chi connectivity index (χ0v) is 8.20. The molecular weight excluding hydrogens is 181 g/mol. The summed E-state index contributed by atoms with van der Waals surface area (Å²) in [7, 11) is 0. The minimum atomic E-state index is -0.286. The van der Waals surface area contributed by atoms with Crippen molar-refractivity contribution in [1.29, 1.82) is 0 Å². The topological polar surface area (TPSA) is 29.4 Å². The van der Waals surface area contributed by atoms with E-state index in [0.29, 0.717) is 0 Å². The zero-order valence-electron chi connectivity index (χ0n) is 8.20. The average molecular weight is 193 g/mol. The fourth-order valence-electron chi connectivity index (χ4n) is 1.33. The van der Waals surface area contributed by atoms with Gasteiger partial charge in [-0.25, -0.2) is 9.18 Å². The molecule has 2 nitrogen and oxygen atoms in total. The monoisotopic (exact) mass is 193 g/mol. The van der Waals surface area contributed by atoms with Crippen LogP contribution in [0.5, 0.6) is 0 Å². The molecule has 1 aromatic rings. The van der Waals surface area contributed by atoms with E-state index < -0.39 is 0 Å². The van der Waals surface area contributed by atoms with Crippen LogP contribution in [0.2, 0.25) is 0 Å². The Hall–Kier alpha value is -1.47. The Bertz CT molecular complexity index is 339. The SMILES string of the molecule is CC(C)[C@H](N=C=O)c1ccc(F)cc1. The number of isocyanates is 1. The van der Waals surface area contributed by atoms with Crippen molar-refractivity contribution < 1.29 is 9.18 Å². The van der Waals surface area contributed by atoms with Crippen LogP contribution in [0.15, 0.2) is 29.3 Å². The lowest BCUT2D eigenvalue weighted by molar-refractivity contribution is 0.501. The number of halogens is 1. The smallest absolute Gasteiger partial charge is 0.211 e. The van der Waals surface area contributed by atoms with E-state index in [-0.39, 0.29) is 17.8 Å².